The third kappa shape index (κ3) is 5.60. The van der Waals surface area contributed by atoms with E-state index in [1.165, 1.54) is 12.5 Å². The summed E-state index contributed by atoms with van der Waals surface area (Å²) < 4.78 is 78.5. The van der Waals surface area contributed by atoms with E-state index in [-0.39, 0.29) is 53.0 Å². The van der Waals surface area contributed by atoms with Crippen LogP contribution in [0, 0.1) is 53.1 Å². The Hall–Kier alpha value is -4.04. The first kappa shape index (κ1) is 32.8. The van der Waals surface area contributed by atoms with Gasteiger partial charge in [-0.15, -0.1) is 6.42 Å². The van der Waals surface area contributed by atoms with E-state index in [1.54, 1.807) is 18.2 Å². The average molecular weight is 702 g/mol. The third-order valence-electron chi connectivity index (χ3n) is 12.5. The number of rotatable bonds is 6. The van der Waals surface area contributed by atoms with Crippen LogP contribution in [0.4, 0.5) is 27.8 Å². The lowest BCUT2D eigenvalue weighted by molar-refractivity contribution is -0.185. The molecule has 266 valence electrons. The number of halogens is 5. The zero-order chi connectivity index (χ0) is 35.2. The molecule has 4 atom stereocenters. The SMILES string of the molecule is C#Cc1c(F)ccc2cccc(-c3nc4c5c(nc(OCC6(CN7CCC(C(F)(F)F)CC7)CC6)nc5c3F)N3C[C@H]5CC[C@H](C5)[C@@H]3[C@@H](C)C4)c12. The highest BCUT2D eigenvalue weighted by molar-refractivity contribution is 6.02. The van der Waals surface area contributed by atoms with Crippen LogP contribution in [0.1, 0.15) is 63.1 Å². The van der Waals surface area contributed by atoms with Gasteiger partial charge in [-0.1, -0.05) is 37.1 Å². The largest absolute Gasteiger partial charge is 0.463 e. The molecule has 2 bridgehead atoms. The quantitative estimate of drug-likeness (QED) is 0.149. The molecule has 0 N–H and O–H groups in total. The molecule has 0 spiro atoms. The number of hydrogen-bond acceptors (Lipinski definition) is 6. The van der Waals surface area contributed by atoms with Crippen molar-refractivity contribution in [1.29, 1.82) is 0 Å². The predicted octanol–water partition coefficient (Wildman–Crippen LogP) is 8.33. The fraction of sp³-hybridized carbons (Fsp3) is 0.525. The van der Waals surface area contributed by atoms with Gasteiger partial charge in [-0.3, -0.25) is 0 Å². The van der Waals surface area contributed by atoms with Crippen LogP contribution in [0.5, 0.6) is 6.01 Å². The van der Waals surface area contributed by atoms with Crippen LogP contribution in [0.3, 0.4) is 0 Å². The second kappa shape index (κ2) is 12.0. The van der Waals surface area contributed by atoms with Crippen molar-refractivity contribution < 1.29 is 26.7 Å². The van der Waals surface area contributed by atoms with Crippen LogP contribution in [0.25, 0.3) is 32.9 Å². The molecule has 2 aliphatic carbocycles. The Bertz CT molecular complexity index is 2080. The topological polar surface area (TPSA) is 54.4 Å². The number of anilines is 1. The number of likely N-dealkylation sites (tertiary alicyclic amines) is 1. The second-order valence-electron chi connectivity index (χ2n) is 15.9. The molecule has 0 radical (unpaired) electrons. The van der Waals surface area contributed by atoms with Crippen molar-refractivity contribution in [2.45, 2.75) is 70.5 Å². The minimum absolute atomic E-state index is 0.0570. The summed E-state index contributed by atoms with van der Waals surface area (Å²) in [5.74, 6) is 1.94. The number of pyridine rings is 1. The number of piperidine rings is 2. The van der Waals surface area contributed by atoms with Crippen LogP contribution < -0.4 is 9.64 Å². The Labute approximate surface area is 293 Å². The molecule has 4 aromatic rings. The zero-order valence-corrected chi connectivity index (χ0v) is 28.6. The fourth-order valence-electron chi connectivity index (χ4n) is 9.80. The number of benzene rings is 2. The maximum atomic E-state index is 17.2. The lowest BCUT2D eigenvalue weighted by atomic mass is 9.82. The van der Waals surface area contributed by atoms with Crippen molar-refractivity contribution in [1.82, 2.24) is 19.9 Å². The van der Waals surface area contributed by atoms with Gasteiger partial charge in [0, 0.05) is 35.5 Å². The molecule has 11 heteroatoms. The van der Waals surface area contributed by atoms with E-state index in [0.717, 1.165) is 32.2 Å². The van der Waals surface area contributed by atoms with Crippen molar-refractivity contribution >= 4 is 27.5 Å². The first-order valence-corrected chi connectivity index (χ1v) is 18.3. The molecule has 2 saturated carbocycles. The molecular weight excluding hydrogens is 661 g/mol. The van der Waals surface area contributed by atoms with E-state index >= 15 is 8.78 Å². The molecule has 5 heterocycles. The first-order chi connectivity index (χ1) is 24.5. The summed E-state index contributed by atoms with van der Waals surface area (Å²) in [5.41, 5.74) is 1.15. The van der Waals surface area contributed by atoms with Crippen LogP contribution in [0.2, 0.25) is 0 Å². The van der Waals surface area contributed by atoms with E-state index in [0.29, 0.717) is 77.7 Å². The highest BCUT2D eigenvalue weighted by atomic mass is 19.4. The summed E-state index contributed by atoms with van der Waals surface area (Å²) in [6, 6.07) is 8.59. The Morgan fingerprint density at radius 2 is 1.80 bits per heavy atom. The van der Waals surface area contributed by atoms with Crippen molar-refractivity contribution in [3.8, 4) is 29.6 Å². The Kier molecular flexibility index (Phi) is 7.73. The summed E-state index contributed by atoms with van der Waals surface area (Å²) in [7, 11) is 0. The first-order valence-electron chi connectivity index (χ1n) is 18.3. The number of alkyl halides is 3. The highest BCUT2D eigenvalue weighted by Crippen LogP contribution is 2.50. The van der Waals surface area contributed by atoms with Crippen molar-refractivity contribution in [2.24, 2.45) is 29.1 Å². The summed E-state index contributed by atoms with van der Waals surface area (Å²) in [5, 5.41) is 1.70. The van der Waals surface area contributed by atoms with Crippen molar-refractivity contribution in [3.63, 3.8) is 0 Å². The second-order valence-corrected chi connectivity index (χ2v) is 15.9. The molecule has 2 saturated heterocycles. The Morgan fingerprint density at radius 1 is 1.00 bits per heavy atom. The van der Waals surface area contributed by atoms with Gasteiger partial charge in [-0.25, -0.2) is 13.8 Å². The molecule has 0 unspecified atom stereocenters. The third-order valence-corrected chi connectivity index (χ3v) is 12.5. The van der Waals surface area contributed by atoms with Gasteiger partial charge in [0.1, 0.15) is 22.8 Å². The van der Waals surface area contributed by atoms with Crippen LogP contribution in [0.15, 0.2) is 30.3 Å². The number of hydrogen-bond donors (Lipinski definition) is 0. The molecule has 4 fully saturated rings. The van der Waals surface area contributed by atoms with Gasteiger partial charge < -0.3 is 14.5 Å². The molecule has 0 amide bonds. The number of aromatic nitrogens is 3. The number of ether oxygens (including phenoxy) is 1. The molecule has 3 aliphatic heterocycles. The maximum absolute atomic E-state index is 17.2. The van der Waals surface area contributed by atoms with Crippen LogP contribution >= 0.6 is 0 Å². The van der Waals surface area contributed by atoms with Gasteiger partial charge in [0.25, 0.3) is 0 Å². The predicted molar refractivity (Wildman–Crippen MR) is 185 cm³/mol. The summed E-state index contributed by atoms with van der Waals surface area (Å²) >= 11 is 0. The lowest BCUT2D eigenvalue weighted by Crippen LogP contribution is -2.49. The van der Waals surface area contributed by atoms with Crippen molar-refractivity contribution in [3.05, 3.63) is 53.2 Å². The van der Waals surface area contributed by atoms with E-state index < -0.39 is 23.7 Å². The van der Waals surface area contributed by atoms with Gasteiger partial charge in [-0.2, -0.15) is 23.1 Å². The fourth-order valence-corrected chi connectivity index (χ4v) is 9.80. The Balaban J connectivity index is 1.12. The van der Waals surface area contributed by atoms with E-state index in [1.807, 2.05) is 6.07 Å². The summed E-state index contributed by atoms with van der Waals surface area (Å²) in [6.45, 7) is 4.82. The monoisotopic (exact) mass is 701 g/mol. The number of terminal acetylenes is 1. The van der Waals surface area contributed by atoms with E-state index in [2.05, 4.69) is 22.6 Å². The maximum Gasteiger partial charge on any atom is 0.391 e. The molecule has 6 nitrogen and oxygen atoms in total. The van der Waals surface area contributed by atoms with E-state index in [4.69, 9.17) is 26.1 Å². The summed E-state index contributed by atoms with van der Waals surface area (Å²) in [6.07, 6.45) is 7.74. The zero-order valence-electron chi connectivity index (χ0n) is 28.6. The Morgan fingerprint density at radius 3 is 2.55 bits per heavy atom. The van der Waals surface area contributed by atoms with Gasteiger partial charge in [0.15, 0.2) is 5.82 Å². The molecule has 5 aliphatic rings. The van der Waals surface area contributed by atoms with Crippen molar-refractivity contribution in [2.75, 3.05) is 37.7 Å². The van der Waals surface area contributed by atoms with Gasteiger partial charge in [0.2, 0.25) is 0 Å². The standard InChI is InChI=1S/C40H40F5N5O/c1-3-27-29(41)10-9-24-5-4-6-28(31(24)27)34-33(42)35-32-30(46-34)17-22(2)36-25-8-7-23(18-25)19-50(36)37(32)48-38(47-35)51-21-39(13-14-39)20-49-15-11-26(12-16-49)40(43,44)45/h1,4-6,9-10,22-23,25-26,36H,7-8,11-21H2,2H3/t22-,23-,25+,36-/m0/s1. The smallest absolute Gasteiger partial charge is 0.391 e. The number of fused-ring (bicyclic) bond motifs is 6. The lowest BCUT2D eigenvalue weighted by Gasteiger charge is -2.43. The minimum Gasteiger partial charge on any atom is -0.463 e. The highest BCUT2D eigenvalue weighted by Gasteiger charge is 2.49. The van der Waals surface area contributed by atoms with Crippen LogP contribution in [-0.4, -0.2) is 64.9 Å². The van der Waals surface area contributed by atoms with Gasteiger partial charge >= 0.3 is 12.2 Å². The minimum atomic E-state index is -4.15. The van der Waals surface area contributed by atoms with Gasteiger partial charge in [-0.05, 0) is 93.7 Å². The van der Waals surface area contributed by atoms with Crippen LogP contribution in [-0.2, 0) is 6.42 Å². The van der Waals surface area contributed by atoms with Gasteiger partial charge in [0.05, 0.1) is 29.2 Å². The molecular formula is C40H40F5N5O. The molecule has 2 aromatic heterocycles. The average Bonchev–Trinajstić information content (AvgIpc) is 3.80. The molecule has 2 aromatic carbocycles. The summed E-state index contributed by atoms with van der Waals surface area (Å²) in [4.78, 5) is 19.3. The van der Waals surface area contributed by atoms with E-state index in [9.17, 15) is 13.2 Å². The normalized spacial score (nSPS) is 25.9. The number of nitrogens with zero attached hydrogens (tertiary/aromatic N) is 5. The molecule has 51 heavy (non-hydrogen) atoms. The molecule has 9 rings (SSSR count).